The van der Waals surface area contributed by atoms with Crippen LogP contribution in [0.3, 0.4) is 0 Å². The Morgan fingerprint density at radius 1 is 1.31 bits per heavy atom. The molecule has 8 nitrogen and oxygen atoms in total. The lowest BCUT2D eigenvalue weighted by atomic mass is 10.2. The fraction of sp³-hybridized carbons (Fsp3) is 0.524. The largest absolute Gasteiger partial charge is 0.374 e. The molecule has 0 N–H and O–H groups in total. The number of pyridine rings is 1. The summed E-state index contributed by atoms with van der Waals surface area (Å²) in [7, 11) is 1.80. The normalized spacial score (nSPS) is 20.1. The van der Waals surface area contributed by atoms with Gasteiger partial charge < -0.3 is 14.5 Å². The molecular weight excluding hydrogens is 370 g/mol. The first-order valence-electron chi connectivity index (χ1n) is 10.1. The van der Waals surface area contributed by atoms with Gasteiger partial charge in [-0.25, -0.2) is 0 Å². The lowest BCUT2D eigenvalue weighted by Gasteiger charge is -2.24. The molecule has 2 aromatic rings. The van der Waals surface area contributed by atoms with Gasteiger partial charge in [-0.1, -0.05) is 6.07 Å². The average Bonchev–Trinajstić information content (AvgIpc) is 3.50. The summed E-state index contributed by atoms with van der Waals surface area (Å²) < 4.78 is 7.79. The molecule has 1 saturated carbocycles. The minimum absolute atomic E-state index is 0.0258. The smallest absolute Gasteiger partial charge is 0.274 e. The van der Waals surface area contributed by atoms with E-state index in [9.17, 15) is 9.59 Å². The first-order valence-corrected chi connectivity index (χ1v) is 10.1. The van der Waals surface area contributed by atoms with Crippen molar-refractivity contribution in [2.24, 2.45) is 13.0 Å². The van der Waals surface area contributed by atoms with Crippen LogP contribution in [0.1, 0.15) is 34.6 Å². The molecule has 1 saturated heterocycles. The number of ether oxygens (including phenoxy) is 1. The highest BCUT2D eigenvalue weighted by Crippen LogP contribution is 2.29. The van der Waals surface area contributed by atoms with Crippen molar-refractivity contribution in [1.29, 1.82) is 0 Å². The number of hydrogen-bond donors (Lipinski definition) is 0. The predicted molar refractivity (Wildman–Crippen MR) is 106 cm³/mol. The van der Waals surface area contributed by atoms with Crippen molar-refractivity contribution >= 4 is 11.8 Å². The molecule has 0 bridgehead atoms. The van der Waals surface area contributed by atoms with Gasteiger partial charge in [-0.15, -0.1) is 0 Å². The molecule has 2 amide bonds. The van der Waals surface area contributed by atoms with Crippen molar-refractivity contribution in [3.63, 3.8) is 0 Å². The summed E-state index contributed by atoms with van der Waals surface area (Å²) in [5, 5.41) is 4.29. The van der Waals surface area contributed by atoms with Crippen LogP contribution in [0.15, 0.2) is 30.6 Å². The van der Waals surface area contributed by atoms with Gasteiger partial charge in [-0.2, -0.15) is 5.10 Å². The van der Waals surface area contributed by atoms with E-state index in [1.807, 2.05) is 19.1 Å². The van der Waals surface area contributed by atoms with Gasteiger partial charge in [0.15, 0.2) is 5.69 Å². The highest BCUT2D eigenvalue weighted by Gasteiger charge is 2.33. The summed E-state index contributed by atoms with van der Waals surface area (Å²) in [5.41, 5.74) is 2.22. The Labute approximate surface area is 170 Å². The SMILES string of the molecule is Cc1cc(C(=O)N2CC(=O)N(Cc3cccnc3)CC(OCC3CC3)C2)nn1C. The van der Waals surface area contributed by atoms with Crippen LogP contribution in [0.2, 0.25) is 0 Å². The molecule has 2 aromatic heterocycles. The standard InChI is InChI=1S/C21H27N5O3/c1-15-8-19(23-24(15)2)21(28)26-12-18(29-14-16-5-6-16)11-25(20(27)13-26)10-17-4-3-7-22-9-17/h3-4,7-9,16,18H,5-6,10-14H2,1-2H3. The Balaban J connectivity index is 1.51. The van der Waals surface area contributed by atoms with Crippen molar-refractivity contribution in [2.45, 2.75) is 32.4 Å². The molecule has 1 unspecified atom stereocenters. The highest BCUT2D eigenvalue weighted by atomic mass is 16.5. The maximum Gasteiger partial charge on any atom is 0.274 e. The van der Waals surface area contributed by atoms with E-state index in [1.54, 1.807) is 40.0 Å². The van der Waals surface area contributed by atoms with Crippen LogP contribution in [0.5, 0.6) is 0 Å². The Kier molecular flexibility index (Phi) is 5.62. The van der Waals surface area contributed by atoms with Crippen molar-refractivity contribution in [3.05, 3.63) is 47.5 Å². The monoisotopic (exact) mass is 397 g/mol. The van der Waals surface area contributed by atoms with E-state index in [0.717, 1.165) is 11.3 Å². The Morgan fingerprint density at radius 2 is 2.14 bits per heavy atom. The van der Waals surface area contributed by atoms with Crippen molar-refractivity contribution in [1.82, 2.24) is 24.6 Å². The molecule has 4 rings (SSSR count). The van der Waals surface area contributed by atoms with Crippen LogP contribution in [0.25, 0.3) is 0 Å². The van der Waals surface area contributed by atoms with E-state index >= 15 is 0 Å². The lowest BCUT2D eigenvalue weighted by Crippen LogP contribution is -2.40. The molecule has 3 heterocycles. The van der Waals surface area contributed by atoms with E-state index in [1.165, 1.54) is 12.8 Å². The molecule has 1 atom stereocenters. The van der Waals surface area contributed by atoms with E-state index in [-0.39, 0.29) is 24.5 Å². The van der Waals surface area contributed by atoms with Gasteiger partial charge in [0, 0.05) is 51.4 Å². The molecule has 154 valence electrons. The maximum atomic E-state index is 13.0. The topological polar surface area (TPSA) is 80.6 Å². The fourth-order valence-corrected chi connectivity index (χ4v) is 3.49. The summed E-state index contributed by atoms with van der Waals surface area (Å²) in [4.78, 5) is 33.5. The number of hydrogen-bond acceptors (Lipinski definition) is 5. The van der Waals surface area contributed by atoms with Crippen molar-refractivity contribution in [3.8, 4) is 0 Å². The Bertz CT molecular complexity index is 858. The molecule has 1 aliphatic carbocycles. The zero-order valence-electron chi connectivity index (χ0n) is 17.0. The molecule has 8 heteroatoms. The molecule has 2 fully saturated rings. The second-order valence-electron chi connectivity index (χ2n) is 8.01. The number of carbonyl (C=O) groups excluding carboxylic acids is 2. The third kappa shape index (κ3) is 4.82. The number of carbonyl (C=O) groups is 2. The Morgan fingerprint density at radius 3 is 2.79 bits per heavy atom. The second-order valence-corrected chi connectivity index (χ2v) is 8.01. The molecular formula is C21H27N5O3. The number of aromatic nitrogens is 3. The van der Waals surface area contributed by atoms with Crippen LogP contribution in [-0.4, -0.2) is 68.7 Å². The first-order chi connectivity index (χ1) is 14.0. The van der Waals surface area contributed by atoms with Crippen molar-refractivity contribution in [2.75, 3.05) is 26.2 Å². The summed E-state index contributed by atoms with van der Waals surface area (Å²) in [6, 6.07) is 5.56. The van der Waals surface area contributed by atoms with Gasteiger partial charge in [0.25, 0.3) is 5.91 Å². The van der Waals surface area contributed by atoms with Crippen LogP contribution in [0, 0.1) is 12.8 Å². The van der Waals surface area contributed by atoms with E-state index in [2.05, 4.69) is 10.1 Å². The minimum atomic E-state index is -0.231. The first kappa shape index (κ1) is 19.6. The van der Waals surface area contributed by atoms with Crippen LogP contribution in [-0.2, 0) is 23.1 Å². The lowest BCUT2D eigenvalue weighted by molar-refractivity contribution is -0.132. The molecule has 29 heavy (non-hydrogen) atoms. The van der Waals surface area contributed by atoms with E-state index in [0.29, 0.717) is 37.9 Å². The summed E-state index contributed by atoms with van der Waals surface area (Å²) in [6.07, 6.45) is 5.65. The van der Waals surface area contributed by atoms with Crippen LogP contribution < -0.4 is 0 Å². The summed E-state index contributed by atoms with van der Waals surface area (Å²) in [6.45, 7) is 3.92. The third-order valence-corrected chi connectivity index (χ3v) is 5.51. The van der Waals surface area contributed by atoms with Crippen LogP contribution in [0.4, 0.5) is 0 Å². The summed E-state index contributed by atoms with van der Waals surface area (Å²) >= 11 is 0. The quantitative estimate of drug-likeness (QED) is 0.736. The van der Waals surface area contributed by atoms with E-state index in [4.69, 9.17) is 4.74 Å². The minimum Gasteiger partial charge on any atom is -0.374 e. The maximum absolute atomic E-state index is 13.0. The number of nitrogens with zero attached hydrogens (tertiary/aromatic N) is 5. The van der Waals surface area contributed by atoms with Crippen LogP contribution >= 0.6 is 0 Å². The summed E-state index contributed by atoms with van der Waals surface area (Å²) in [5.74, 6) is 0.293. The number of aryl methyl sites for hydroxylation is 2. The Hall–Kier alpha value is -2.74. The zero-order valence-corrected chi connectivity index (χ0v) is 17.0. The molecule has 0 aromatic carbocycles. The average molecular weight is 397 g/mol. The molecule has 1 aliphatic heterocycles. The van der Waals surface area contributed by atoms with Gasteiger partial charge >= 0.3 is 0 Å². The highest BCUT2D eigenvalue weighted by molar-refractivity contribution is 5.95. The number of amides is 2. The van der Waals surface area contributed by atoms with E-state index < -0.39 is 0 Å². The van der Waals surface area contributed by atoms with Gasteiger partial charge in [-0.3, -0.25) is 19.3 Å². The van der Waals surface area contributed by atoms with Crippen molar-refractivity contribution < 1.29 is 14.3 Å². The van der Waals surface area contributed by atoms with Gasteiger partial charge in [0.05, 0.1) is 6.10 Å². The second kappa shape index (κ2) is 8.32. The fourth-order valence-electron chi connectivity index (χ4n) is 3.49. The molecule has 2 aliphatic rings. The van der Waals surface area contributed by atoms with Gasteiger partial charge in [-0.05, 0) is 43.4 Å². The molecule has 0 radical (unpaired) electrons. The zero-order chi connectivity index (χ0) is 20.4. The van der Waals surface area contributed by atoms with Gasteiger partial charge in [0.2, 0.25) is 5.91 Å². The third-order valence-electron chi connectivity index (χ3n) is 5.51. The van der Waals surface area contributed by atoms with Gasteiger partial charge in [0.1, 0.15) is 6.54 Å². The predicted octanol–water partition coefficient (Wildman–Crippen LogP) is 1.40. The molecule has 0 spiro atoms. The number of rotatable bonds is 6.